The third kappa shape index (κ3) is 4.78. The average Bonchev–Trinajstić information content (AvgIpc) is 3.46. The van der Waals surface area contributed by atoms with Gasteiger partial charge in [-0.15, -0.1) is 0 Å². The number of aromatic nitrogens is 2. The zero-order valence-corrected chi connectivity index (χ0v) is 13.9. The Bertz CT molecular complexity index is 681. The number of nitrogens with zero attached hydrogens (tertiary/aromatic N) is 2. The van der Waals surface area contributed by atoms with Crippen molar-refractivity contribution in [3.05, 3.63) is 53.5 Å². The fourth-order valence-electron chi connectivity index (χ4n) is 2.59. The van der Waals surface area contributed by atoms with E-state index in [2.05, 4.69) is 34.2 Å². The molecular weight excluding hydrogens is 304 g/mol. The van der Waals surface area contributed by atoms with Gasteiger partial charge in [0.05, 0.1) is 19.5 Å². The van der Waals surface area contributed by atoms with E-state index in [0.717, 1.165) is 18.8 Å². The second kappa shape index (κ2) is 7.90. The van der Waals surface area contributed by atoms with Crippen LogP contribution in [0.25, 0.3) is 0 Å². The van der Waals surface area contributed by atoms with Crippen molar-refractivity contribution in [2.24, 2.45) is 0 Å². The monoisotopic (exact) mass is 326 g/mol. The van der Waals surface area contributed by atoms with Crippen molar-refractivity contribution in [1.29, 1.82) is 0 Å². The number of methoxy groups -OCH3 is 1. The van der Waals surface area contributed by atoms with Gasteiger partial charge in [-0.25, -0.2) is 4.98 Å². The summed E-state index contributed by atoms with van der Waals surface area (Å²) >= 11 is 0. The molecule has 0 spiro atoms. The Hall–Kier alpha value is -2.43. The first-order valence-electron chi connectivity index (χ1n) is 8.34. The van der Waals surface area contributed by atoms with Gasteiger partial charge >= 0.3 is 5.97 Å². The number of benzene rings is 1. The second-order valence-electron chi connectivity index (χ2n) is 6.08. The predicted molar refractivity (Wildman–Crippen MR) is 89.7 cm³/mol. The Kier molecular flexibility index (Phi) is 5.41. The maximum Gasteiger partial charge on any atom is 0.306 e. The molecule has 1 fully saturated rings. The Morgan fingerprint density at radius 1 is 1.21 bits per heavy atom. The molecule has 0 atom stereocenters. The molecule has 1 heterocycles. The molecule has 1 aromatic carbocycles. The topological polar surface area (TPSA) is 61.3 Å². The molecule has 0 aliphatic heterocycles. The van der Waals surface area contributed by atoms with E-state index in [4.69, 9.17) is 9.47 Å². The molecule has 0 N–H and O–H groups in total. The molecule has 0 bridgehead atoms. The summed E-state index contributed by atoms with van der Waals surface area (Å²) in [7, 11) is 1.52. The smallest absolute Gasteiger partial charge is 0.306 e. The summed E-state index contributed by atoms with van der Waals surface area (Å²) in [4.78, 5) is 19.9. The first-order valence-corrected chi connectivity index (χ1v) is 8.34. The molecule has 5 heteroatoms. The third-order valence-electron chi connectivity index (χ3n) is 4.13. The number of hydrogen-bond donors (Lipinski definition) is 0. The quantitative estimate of drug-likeness (QED) is 0.696. The summed E-state index contributed by atoms with van der Waals surface area (Å²) in [6.45, 7) is 0.124. The van der Waals surface area contributed by atoms with Gasteiger partial charge in [0.1, 0.15) is 12.3 Å². The number of carbonyl (C=O) groups is 1. The van der Waals surface area contributed by atoms with Crippen LogP contribution in [0.15, 0.2) is 36.7 Å². The summed E-state index contributed by atoms with van der Waals surface area (Å²) in [6, 6.07) is 8.77. The molecule has 5 nitrogen and oxygen atoms in total. The van der Waals surface area contributed by atoms with Crippen LogP contribution in [0.2, 0.25) is 0 Å². The first kappa shape index (κ1) is 16.4. The van der Waals surface area contributed by atoms with E-state index in [0.29, 0.717) is 18.0 Å². The van der Waals surface area contributed by atoms with Crippen LogP contribution in [-0.2, 0) is 22.6 Å². The Labute approximate surface area is 142 Å². The molecule has 0 radical (unpaired) electrons. The number of ether oxygens (including phenoxy) is 2. The highest BCUT2D eigenvalue weighted by Gasteiger charge is 2.22. The standard InChI is InChI=1S/C19H22N2O3/c1-23-18-12-20-11-17(21-18)13-24-19(22)4-2-3-14-5-7-15(8-6-14)16-9-10-16/h5-8,11-12,16H,2-4,9-10,13H2,1H3. The summed E-state index contributed by atoms with van der Waals surface area (Å²) in [5.74, 6) is 0.987. The van der Waals surface area contributed by atoms with Crippen molar-refractivity contribution < 1.29 is 14.3 Å². The predicted octanol–water partition coefficient (Wildman–Crippen LogP) is 3.43. The van der Waals surface area contributed by atoms with Crippen LogP contribution in [-0.4, -0.2) is 23.0 Å². The van der Waals surface area contributed by atoms with Crippen molar-refractivity contribution in [1.82, 2.24) is 9.97 Å². The van der Waals surface area contributed by atoms with Crippen LogP contribution in [0.1, 0.15) is 48.4 Å². The third-order valence-corrected chi connectivity index (χ3v) is 4.13. The van der Waals surface area contributed by atoms with Gasteiger partial charge < -0.3 is 9.47 Å². The number of hydrogen-bond acceptors (Lipinski definition) is 5. The van der Waals surface area contributed by atoms with Crippen LogP contribution in [0.3, 0.4) is 0 Å². The minimum absolute atomic E-state index is 0.124. The molecule has 126 valence electrons. The van der Waals surface area contributed by atoms with E-state index < -0.39 is 0 Å². The normalized spacial score (nSPS) is 13.5. The minimum atomic E-state index is -0.214. The second-order valence-corrected chi connectivity index (χ2v) is 6.08. The molecule has 1 saturated carbocycles. The fourth-order valence-corrected chi connectivity index (χ4v) is 2.59. The summed E-state index contributed by atoms with van der Waals surface area (Å²) in [5.41, 5.74) is 3.29. The van der Waals surface area contributed by atoms with Gasteiger partial charge in [0.15, 0.2) is 0 Å². The zero-order valence-electron chi connectivity index (χ0n) is 13.9. The Balaban J connectivity index is 1.37. The highest BCUT2D eigenvalue weighted by Crippen LogP contribution is 2.39. The number of aryl methyl sites for hydroxylation is 1. The van der Waals surface area contributed by atoms with E-state index in [1.54, 1.807) is 6.20 Å². The van der Waals surface area contributed by atoms with Gasteiger partial charge in [-0.2, -0.15) is 0 Å². The van der Waals surface area contributed by atoms with E-state index >= 15 is 0 Å². The van der Waals surface area contributed by atoms with Gasteiger partial charge in [-0.1, -0.05) is 24.3 Å². The molecule has 0 unspecified atom stereocenters. The van der Waals surface area contributed by atoms with Crippen LogP contribution in [0, 0.1) is 0 Å². The molecule has 1 aromatic heterocycles. The van der Waals surface area contributed by atoms with E-state index in [9.17, 15) is 4.79 Å². The summed E-state index contributed by atoms with van der Waals surface area (Å²) < 4.78 is 10.2. The summed E-state index contributed by atoms with van der Waals surface area (Å²) in [6.07, 6.45) is 7.80. The fraction of sp³-hybridized carbons (Fsp3) is 0.421. The van der Waals surface area contributed by atoms with Crippen molar-refractivity contribution in [3.63, 3.8) is 0 Å². The van der Waals surface area contributed by atoms with Crippen LogP contribution >= 0.6 is 0 Å². The molecule has 1 aliphatic rings. The van der Waals surface area contributed by atoms with Crippen molar-refractivity contribution in [2.45, 2.75) is 44.6 Å². The van der Waals surface area contributed by atoms with Crippen molar-refractivity contribution in [3.8, 4) is 5.88 Å². The molecule has 1 aliphatic carbocycles. The van der Waals surface area contributed by atoms with Crippen LogP contribution in [0.5, 0.6) is 5.88 Å². The summed E-state index contributed by atoms with van der Waals surface area (Å²) in [5, 5.41) is 0. The maximum atomic E-state index is 11.8. The zero-order chi connectivity index (χ0) is 16.8. The lowest BCUT2D eigenvalue weighted by molar-refractivity contribution is -0.145. The van der Waals surface area contributed by atoms with Gasteiger partial charge in [0.25, 0.3) is 0 Å². The Morgan fingerprint density at radius 2 is 2.00 bits per heavy atom. The molecule has 24 heavy (non-hydrogen) atoms. The molecule has 2 aromatic rings. The first-order chi connectivity index (χ1) is 11.7. The molecule has 0 amide bonds. The highest BCUT2D eigenvalue weighted by atomic mass is 16.5. The van der Waals surface area contributed by atoms with E-state index in [1.165, 1.54) is 37.3 Å². The van der Waals surface area contributed by atoms with Crippen LogP contribution < -0.4 is 4.74 Å². The molecule has 0 saturated heterocycles. The van der Waals surface area contributed by atoms with Crippen LogP contribution in [0.4, 0.5) is 0 Å². The lowest BCUT2D eigenvalue weighted by atomic mass is 10.0. The van der Waals surface area contributed by atoms with Gasteiger partial charge in [-0.05, 0) is 42.7 Å². The van der Waals surface area contributed by atoms with Crippen molar-refractivity contribution >= 4 is 5.97 Å². The number of esters is 1. The maximum absolute atomic E-state index is 11.8. The largest absolute Gasteiger partial charge is 0.480 e. The number of rotatable bonds is 8. The molecular formula is C19H22N2O3. The average molecular weight is 326 g/mol. The molecule has 3 rings (SSSR count). The minimum Gasteiger partial charge on any atom is -0.480 e. The SMILES string of the molecule is COc1cncc(COC(=O)CCCc2ccc(C3CC3)cc2)n1. The van der Waals surface area contributed by atoms with Gasteiger partial charge in [0, 0.05) is 6.42 Å². The number of carbonyl (C=O) groups excluding carboxylic acids is 1. The van der Waals surface area contributed by atoms with E-state index in [1.807, 2.05) is 0 Å². The lowest BCUT2D eigenvalue weighted by Gasteiger charge is -2.06. The van der Waals surface area contributed by atoms with Gasteiger partial charge in [-0.3, -0.25) is 9.78 Å². The van der Waals surface area contributed by atoms with Crippen molar-refractivity contribution in [2.75, 3.05) is 7.11 Å². The van der Waals surface area contributed by atoms with Gasteiger partial charge in [0.2, 0.25) is 5.88 Å². The lowest BCUT2D eigenvalue weighted by Crippen LogP contribution is -2.06. The Morgan fingerprint density at radius 3 is 2.71 bits per heavy atom. The highest BCUT2D eigenvalue weighted by molar-refractivity contribution is 5.69. The van der Waals surface area contributed by atoms with E-state index in [-0.39, 0.29) is 12.6 Å².